The number of aryl methyl sites for hydroxylation is 1. The Hall–Kier alpha value is -2.39. The molecule has 0 saturated heterocycles. The van der Waals surface area contributed by atoms with E-state index in [1.807, 2.05) is 0 Å². The second-order valence-corrected chi connectivity index (χ2v) is 7.35. The standard InChI is InChI=1S/C14H12N4O3S2/c1-9-4-2-7-12(15-9)16-13(19)8-23(20,21)11-6-3-5-10-14(11)18-22-17-10/h2-7H,8H2,1H3,(H,15,16,19). The highest BCUT2D eigenvalue weighted by molar-refractivity contribution is 7.92. The van der Waals surface area contributed by atoms with Crippen molar-refractivity contribution in [1.29, 1.82) is 0 Å². The molecule has 1 amide bonds. The molecule has 0 spiro atoms. The van der Waals surface area contributed by atoms with Crippen molar-refractivity contribution in [2.75, 3.05) is 11.1 Å². The van der Waals surface area contributed by atoms with Crippen LogP contribution in [0.3, 0.4) is 0 Å². The predicted molar refractivity (Wildman–Crippen MR) is 87.1 cm³/mol. The van der Waals surface area contributed by atoms with E-state index in [9.17, 15) is 13.2 Å². The van der Waals surface area contributed by atoms with Crippen LogP contribution in [0.1, 0.15) is 5.69 Å². The van der Waals surface area contributed by atoms with Crippen LogP contribution in [0.4, 0.5) is 5.82 Å². The lowest BCUT2D eigenvalue weighted by atomic mass is 10.3. The fourth-order valence-corrected chi connectivity index (χ4v) is 3.99. The van der Waals surface area contributed by atoms with Crippen molar-refractivity contribution in [2.24, 2.45) is 0 Å². The Morgan fingerprint density at radius 2 is 1.96 bits per heavy atom. The average Bonchev–Trinajstić information content (AvgIpc) is 2.94. The molecule has 1 N–H and O–H groups in total. The van der Waals surface area contributed by atoms with Crippen molar-refractivity contribution in [3.63, 3.8) is 0 Å². The Balaban J connectivity index is 1.83. The summed E-state index contributed by atoms with van der Waals surface area (Å²) in [7, 11) is -3.82. The molecule has 3 aromatic rings. The van der Waals surface area contributed by atoms with E-state index in [0.29, 0.717) is 16.9 Å². The maximum absolute atomic E-state index is 12.5. The van der Waals surface area contributed by atoms with Gasteiger partial charge < -0.3 is 5.32 Å². The van der Waals surface area contributed by atoms with Gasteiger partial charge in [-0.25, -0.2) is 13.4 Å². The molecule has 0 aliphatic rings. The molecule has 0 radical (unpaired) electrons. The third-order valence-electron chi connectivity index (χ3n) is 3.06. The molecule has 7 nitrogen and oxygen atoms in total. The molecule has 0 aliphatic heterocycles. The van der Waals surface area contributed by atoms with Crippen LogP contribution in [-0.2, 0) is 14.6 Å². The molecule has 23 heavy (non-hydrogen) atoms. The van der Waals surface area contributed by atoms with Crippen LogP contribution >= 0.6 is 11.7 Å². The predicted octanol–water partition coefficient (Wildman–Crippen LogP) is 1.81. The Kier molecular flexibility index (Phi) is 4.05. The van der Waals surface area contributed by atoms with Gasteiger partial charge in [0.15, 0.2) is 9.84 Å². The molecule has 1 aromatic carbocycles. The minimum Gasteiger partial charge on any atom is -0.310 e. The molecule has 9 heteroatoms. The Morgan fingerprint density at radius 3 is 2.74 bits per heavy atom. The van der Waals surface area contributed by atoms with E-state index in [4.69, 9.17) is 0 Å². The number of nitrogens with one attached hydrogen (secondary N) is 1. The minimum atomic E-state index is -3.82. The van der Waals surface area contributed by atoms with Crippen molar-refractivity contribution in [1.82, 2.24) is 13.7 Å². The van der Waals surface area contributed by atoms with Gasteiger partial charge in [0.25, 0.3) is 0 Å². The van der Waals surface area contributed by atoms with E-state index in [1.54, 1.807) is 37.3 Å². The molecule has 0 bridgehead atoms. The molecule has 0 unspecified atom stereocenters. The number of carbonyl (C=O) groups is 1. The van der Waals surface area contributed by atoms with Gasteiger partial charge in [-0.05, 0) is 31.2 Å². The molecule has 0 atom stereocenters. The number of carbonyl (C=O) groups excluding carboxylic acids is 1. The number of nitrogens with zero attached hydrogens (tertiary/aromatic N) is 3. The first-order valence-corrected chi connectivity index (χ1v) is 9.01. The van der Waals surface area contributed by atoms with Crippen molar-refractivity contribution in [2.45, 2.75) is 11.8 Å². The van der Waals surface area contributed by atoms with Gasteiger partial charge in [-0.1, -0.05) is 12.1 Å². The quantitative estimate of drug-likeness (QED) is 0.771. The van der Waals surface area contributed by atoms with Gasteiger partial charge in [-0.15, -0.1) is 0 Å². The molecule has 0 saturated carbocycles. The van der Waals surface area contributed by atoms with Gasteiger partial charge in [-0.3, -0.25) is 4.79 Å². The summed E-state index contributed by atoms with van der Waals surface area (Å²) in [5.41, 5.74) is 1.51. The number of benzene rings is 1. The van der Waals surface area contributed by atoms with Gasteiger partial charge >= 0.3 is 0 Å². The van der Waals surface area contributed by atoms with Gasteiger partial charge in [0.1, 0.15) is 22.6 Å². The van der Waals surface area contributed by atoms with Crippen LogP contribution < -0.4 is 5.32 Å². The Labute approximate surface area is 136 Å². The largest absolute Gasteiger partial charge is 0.310 e. The summed E-state index contributed by atoms with van der Waals surface area (Å²) in [5.74, 6) is -1.01. The SMILES string of the molecule is Cc1cccc(NC(=O)CS(=O)(=O)c2cccc3nsnc23)n1. The van der Waals surface area contributed by atoms with Crippen molar-refractivity contribution < 1.29 is 13.2 Å². The second-order valence-electron chi connectivity index (χ2n) is 4.86. The summed E-state index contributed by atoms with van der Waals surface area (Å²) in [6.07, 6.45) is 0. The summed E-state index contributed by atoms with van der Waals surface area (Å²) < 4.78 is 32.9. The second kappa shape index (κ2) is 6.01. The van der Waals surface area contributed by atoms with Gasteiger partial charge in [0, 0.05) is 5.69 Å². The Morgan fingerprint density at radius 1 is 1.17 bits per heavy atom. The fraction of sp³-hybridized carbons (Fsp3) is 0.143. The molecule has 3 rings (SSSR count). The average molecular weight is 348 g/mol. The molecule has 2 aromatic heterocycles. The van der Waals surface area contributed by atoms with Crippen LogP contribution in [0, 0.1) is 6.92 Å². The lowest BCUT2D eigenvalue weighted by Gasteiger charge is -2.06. The maximum Gasteiger partial charge on any atom is 0.241 e. The topological polar surface area (TPSA) is 102 Å². The van der Waals surface area contributed by atoms with E-state index in [-0.39, 0.29) is 4.90 Å². The summed E-state index contributed by atoms with van der Waals surface area (Å²) in [5, 5.41) is 2.49. The lowest BCUT2D eigenvalue weighted by Crippen LogP contribution is -2.23. The molecule has 0 aliphatic carbocycles. The van der Waals surface area contributed by atoms with Crippen LogP contribution in [0.5, 0.6) is 0 Å². The van der Waals surface area contributed by atoms with Crippen molar-refractivity contribution >= 4 is 44.3 Å². The molecular weight excluding hydrogens is 336 g/mol. The molecule has 0 fully saturated rings. The molecule has 118 valence electrons. The van der Waals surface area contributed by atoms with Gasteiger partial charge in [0.05, 0.1) is 16.6 Å². The first-order valence-electron chi connectivity index (χ1n) is 6.63. The number of fused-ring (bicyclic) bond motifs is 1. The van der Waals surface area contributed by atoms with Crippen molar-refractivity contribution in [3.8, 4) is 0 Å². The third kappa shape index (κ3) is 3.35. The maximum atomic E-state index is 12.5. The third-order valence-corrected chi connectivity index (χ3v) is 5.25. The van der Waals surface area contributed by atoms with Crippen LogP contribution in [-0.4, -0.2) is 33.8 Å². The first-order chi connectivity index (χ1) is 11.0. The van der Waals surface area contributed by atoms with Crippen LogP contribution in [0.15, 0.2) is 41.3 Å². The summed E-state index contributed by atoms with van der Waals surface area (Å²) in [4.78, 5) is 16.1. The normalized spacial score (nSPS) is 11.5. The van der Waals surface area contributed by atoms with E-state index >= 15 is 0 Å². The van der Waals surface area contributed by atoms with Gasteiger partial charge in [-0.2, -0.15) is 8.75 Å². The molecular formula is C14H12N4O3S2. The zero-order chi connectivity index (χ0) is 16.4. The lowest BCUT2D eigenvalue weighted by molar-refractivity contribution is -0.113. The highest BCUT2D eigenvalue weighted by Crippen LogP contribution is 2.22. The highest BCUT2D eigenvalue weighted by Gasteiger charge is 2.23. The van der Waals surface area contributed by atoms with E-state index in [2.05, 4.69) is 19.0 Å². The monoisotopic (exact) mass is 348 g/mol. The Bertz CT molecular complexity index is 982. The number of rotatable bonds is 4. The summed E-state index contributed by atoms with van der Waals surface area (Å²) in [6.45, 7) is 1.78. The number of pyridine rings is 1. The van der Waals surface area contributed by atoms with E-state index in [0.717, 1.165) is 17.4 Å². The van der Waals surface area contributed by atoms with Gasteiger partial charge in [0.2, 0.25) is 5.91 Å². The first kappa shape index (κ1) is 15.5. The summed E-state index contributed by atoms with van der Waals surface area (Å²) >= 11 is 0.931. The van der Waals surface area contributed by atoms with Crippen LogP contribution in [0.2, 0.25) is 0 Å². The number of anilines is 1. The smallest absolute Gasteiger partial charge is 0.241 e. The van der Waals surface area contributed by atoms with E-state index < -0.39 is 21.5 Å². The molecule has 2 heterocycles. The highest BCUT2D eigenvalue weighted by atomic mass is 32.2. The van der Waals surface area contributed by atoms with Crippen LogP contribution in [0.25, 0.3) is 11.0 Å². The zero-order valence-corrected chi connectivity index (χ0v) is 13.7. The fourth-order valence-electron chi connectivity index (χ4n) is 2.07. The number of aromatic nitrogens is 3. The zero-order valence-electron chi connectivity index (χ0n) is 12.1. The number of hydrogen-bond acceptors (Lipinski definition) is 7. The number of sulfone groups is 1. The minimum absolute atomic E-state index is 0.0103. The number of amides is 1. The van der Waals surface area contributed by atoms with Crippen molar-refractivity contribution in [3.05, 3.63) is 42.1 Å². The summed E-state index contributed by atoms with van der Waals surface area (Å²) in [6, 6.07) is 9.79. The number of hydrogen-bond donors (Lipinski definition) is 1. The van der Waals surface area contributed by atoms with E-state index in [1.165, 1.54) is 6.07 Å².